The van der Waals surface area contributed by atoms with Crippen LogP contribution in [-0.4, -0.2) is 49.6 Å². The number of nitrogens with zero attached hydrogens (tertiary/aromatic N) is 5. The molecule has 1 atom stereocenters. The number of piperidine rings is 1. The smallest absolute Gasteiger partial charge is 0.251 e. The Bertz CT molecular complexity index is 694. The van der Waals surface area contributed by atoms with Crippen LogP contribution in [0.3, 0.4) is 0 Å². The van der Waals surface area contributed by atoms with Gasteiger partial charge in [0.05, 0.1) is 11.6 Å². The molecule has 1 fully saturated rings. The molecule has 0 saturated carbocycles. The number of aryl methyl sites for hydroxylation is 1. The number of carbonyl (C=O) groups excluding carboxylic acids is 2. The predicted molar refractivity (Wildman–Crippen MR) is 70.7 cm³/mol. The first-order chi connectivity index (χ1) is 9.58. The van der Waals surface area contributed by atoms with Crippen molar-refractivity contribution in [3.8, 4) is 0 Å². The van der Waals surface area contributed by atoms with Crippen LogP contribution in [0.25, 0.3) is 11.0 Å². The van der Waals surface area contributed by atoms with E-state index < -0.39 is 6.04 Å². The molecule has 1 saturated heterocycles. The summed E-state index contributed by atoms with van der Waals surface area (Å²) in [6, 6.07) is -0.448. The van der Waals surface area contributed by atoms with Crippen LogP contribution in [0.2, 0.25) is 0 Å². The maximum absolute atomic E-state index is 12.1. The van der Waals surface area contributed by atoms with Gasteiger partial charge in [-0.05, 0) is 6.42 Å². The van der Waals surface area contributed by atoms with Crippen molar-refractivity contribution in [2.75, 3.05) is 12.4 Å². The first kappa shape index (κ1) is 12.5. The van der Waals surface area contributed by atoms with Gasteiger partial charge in [0, 0.05) is 20.5 Å². The average molecular weight is 274 g/mol. The Balaban J connectivity index is 1.90. The lowest BCUT2D eigenvalue weighted by Crippen LogP contribution is -2.48. The minimum Gasteiger partial charge on any atom is -0.358 e. The summed E-state index contributed by atoms with van der Waals surface area (Å²) < 4.78 is 1.64. The molecule has 0 aromatic carbocycles. The molecule has 0 spiro atoms. The second-order valence-corrected chi connectivity index (χ2v) is 4.75. The Morgan fingerprint density at radius 2 is 2.10 bits per heavy atom. The minimum absolute atomic E-state index is 0.151. The maximum Gasteiger partial charge on any atom is 0.251 e. The highest BCUT2D eigenvalue weighted by molar-refractivity contribution is 6.01. The number of fused-ring (bicyclic) bond motifs is 1. The summed E-state index contributed by atoms with van der Waals surface area (Å²) in [5.74, 6) is 0.170. The zero-order chi connectivity index (χ0) is 14.3. The van der Waals surface area contributed by atoms with Gasteiger partial charge >= 0.3 is 0 Å². The molecule has 8 nitrogen and oxygen atoms in total. The first-order valence-electron chi connectivity index (χ1n) is 6.27. The van der Waals surface area contributed by atoms with Crippen LogP contribution in [0.5, 0.6) is 0 Å². The maximum atomic E-state index is 12.1. The highest BCUT2D eigenvalue weighted by Gasteiger charge is 2.32. The number of rotatable bonds is 2. The lowest BCUT2D eigenvalue weighted by molar-refractivity contribution is -0.146. The van der Waals surface area contributed by atoms with E-state index in [4.69, 9.17) is 0 Å². The number of nitrogens with one attached hydrogen (secondary N) is 1. The summed E-state index contributed by atoms with van der Waals surface area (Å²) in [5.41, 5.74) is 0.690. The molecule has 0 aliphatic carbocycles. The van der Waals surface area contributed by atoms with Gasteiger partial charge in [-0.3, -0.25) is 19.2 Å². The highest BCUT2D eigenvalue weighted by atomic mass is 16.2. The number of imide groups is 1. The van der Waals surface area contributed by atoms with E-state index in [1.807, 2.05) is 0 Å². The topological polar surface area (TPSA) is 93.0 Å². The fourth-order valence-corrected chi connectivity index (χ4v) is 2.29. The van der Waals surface area contributed by atoms with Crippen LogP contribution in [0.15, 0.2) is 12.5 Å². The molecule has 3 rings (SSSR count). The summed E-state index contributed by atoms with van der Waals surface area (Å²) in [6.45, 7) is 0. The Morgan fingerprint density at radius 3 is 2.90 bits per heavy atom. The van der Waals surface area contributed by atoms with Gasteiger partial charge in [0.2, 0.25) is 5.91 Å². The van der Waals surface area contributed by atoms with E-state index in [0.29, 0.717) is 24.3 Å². The van der Waals surface area contributed by atoms with Crippen LogP contribution >= 0.6 is 0 Å². The molecule has 2 aromatic rings. The van der Waals surface area contributed by atoms with Crippen LogP contribution in [0.4, 0.5) is 5.82 Å². The van der Waals surface area contributed by atoms with E-state index in [9.17, 15) is 9.59 Å². The monoisotopic (exact) mass is 274 g/mol. The van der Waals surface area contributed by atoms with Crippen LogP contribution in [-0.2, 0) is 16.6 Å². The van der Waals surface area contributed by atoms with Gasteiger partial charge in [0.25, 0.3) is 5.91 Å². The van der Waals surface area contributed by atoms with E-state index >= 15 is 0 Å². The molecule has 1 unspecified atom stereocenters. The van der Waals surface area contributed by atoms with Gasteiger partial charge in [0.15, 0.2) is 5.65 Å². The van der Waals surface area contributed by atoms with E-state index in [1.165, 1.54) is 13.4 Å². The Morgan fingerprint density at radius 1 is 1.30 bits per heavy atom. The van der Waals surface area contributed by atoms with E-state index in [0.717, 1.165) is 10.3 Å². The third kappa shape index (κ3) is 1.89. The number of hydrogen-bond donors (Lipinski definition) is 1. The van der Waals surface area contributed by atoms with Crippen molar-refractivity contribution >= 4 is 28.7 Å². The Hall–Kier alpha value is -2.51. The van der Waals surface area contributed by atoms with Gasteiger partial charge in [-0.25, -0.2) is 9.97 Å². The lowest BCUT2D eigenvalue weighted by atomic mass is 10.0. The molecular formula is C12H14N6O2. The van der Waals surface area contributed by atoms with Crippen LogP contribution in [0, 0.1) is 0 Å². The first-order valence-corrected chi connectivity index (χ1v) is 6.27. The zero-order valence-corrected chi connectivity index (χ0v) is 11.2. The fourth-order valence-electron chi connectivity index (χ4n) is 2.29. The number of carbonyl (C=O) groups is 2. The third-order valence-electron chi connectivity index (χ3n) is 3.49. The summed E-state index contributed by atoms with van der Waals surface area (Å²) in [4.78, 5) is 33.0. The largest absolute Gasteiger partial charge is 0.358 e. The van der Waals surface area contributed by atoms with Crippen molar-refractivity contribution in [3.63, 3.8) is 0 Å². The van der Waals surface area contributed by atoms with Crippen molar-refractivity contribution in [3.05, 3.63) is 12.5 Å². The van der Waals surface area contributed by atoms with Crippen molar-refractivity contribution < 1.29 is 9.59 Å². The molecule has 0 radical (unpaired) electrons. The minimum atomic E-state index is -0.448. The fraction of sp³-hybridized carbons (Fsp3) is 0.417. The normalized spacial score (nSPS) is 19.7. The lowest BCUT2D eigenvalue weighted by Gasteiger charge is -2.28. The zero-order valence-electron chi connectivity index (χ0n) is 11.2. The molecule has 8 heteroatoms. The molecule has 1 aliphatic heterocycles. The van der Waals surface area contributed by atoms with Gasteiger partial charge in [-0.2, -0.15) is 5.10 Å². The van der Waals surface area contributed by atoms with E-state index in [2.05, 4.69) is 20.4 Å². The number of likely N-dealkylation sites (N-methyl/N-ethyl adjacent to an activating group) is 1. The molecule has 1 aliphatic rings. The summed E-state index contributed by atoms with van der Waals surface area (Å²) in [5, 5.41) is 7.96. The number of aromatic nitrogens is 4. The van der Waals surface area contributed by atoms with Crippen molar-refractivity contribution in [2.24, 2.45) is 7.05 Å². The number of anilines is 1. The molecule has 20 heavy (non-hydrogen) atoms. The molecule has 3 heterocycles. The summed E-state index contributed by atoms with van der Waals surface area (Å²) in [7, 11) is 3.29. The average Bonchev–Trinajstić information content (AvgIpc) is 2.82. The quantitative estimate of drug-likeness (QED) is 0.770. The highest BCUT2D eigenvalue weighted by Crippen LogP contribution is 2.21. The summed E-state index contributed by atoms with van der Waals surface area (Å²) in [6.07, 6.45) is 3.89. The Labute approximate surface area is 114 Å². The number of likely N-dealkylation sites (tertiary alicyclic amines) is 1. The van der Waals surface area contributed by atoms with Crippen molar-refractivity contribution in [1.82, 2.24) is 24.6 Å². The van der Waals surface area contributed by atoms with Gasteiger partial charge < -0.3 is 5.32 Å². The SMILES string of the molecule is CN1C(=O)CCC(Nc2ncnc3c2cnn3C)C1=O. The van der Waals surface area contributed by atoms with E-state index in [1.54, 1.807) is 17.9 Å². The molecule has 0 bridgehead atoms. The standard InChI is InChI=1S/C12H14N6O2/c1-17-9(19)4-3-8(12(17)20)16-10-7-5-15-18(2)11(7)14-6-13-10/h5-6,8H,3-4H2,1-2H3,(H,13,14,16). The number of hydrogen-bond acceptors (Lipinski definition) is 6. The van der Waals surface area contributed by atoms with Crippen molar-refractivity contribution in [2.45, 2.75) is 18.9 Å². The molecule has 104 valence electrons. The second-order valence-electron chi connectivity index (χ2n) is 4.75. The van der Waals surface area contributed by atoms with Gasteiger partial charge in [0.1, 0.15) is 18.2 Å². The van der Waals surface area contributed by atoms with Crippen LogP contribution in [0.1, 0.15) is 12.8 Å². The Kier molecular flexibility index (Phi) is 2.85. The van der Waals surface area contributed by atoms with Gasteiger partial charge in [-0.15, -0.1) is 0 Å². The third-order valence-corrected chi connectivity index (χ3v) is 3.49. The van der Waals surface area contributed by atoms with Crippen molar-refractivity contribution in [1.29, 1.82) is 0 Å². The van der Waals surface area contributed by atoms with Gasteiger partial charge in [-0.1, -0.05) is 0 Å². The van der Waals surface area contributed by atoms with Crippen LogP contribution < -0.4 is 5.32 Å². The molecule has 1 N–H and O–H groups in total. The summed E-state index contributed by atoms with van der Waals surface area (Å²) >= 11 is 0. The molecule has 2 amide bonds. The molecule has 2 aromatic heterocycles. The van der Waals surface area contributed by atoms with E-state index in [-0.39, 0.29) is 11.8 Å². The molecular weight excluding hydrogens is 260 g/mol. The second kappa shape index (κ2) is 4.55. The number of amides is 2. The predicted octanol–water partition coefficient (Wildman–Crippen LogP) is -0.0774.